The molecule has 0 unspecified atom stereocenters. The number of aryl methyl sites for hydroxylation is 2. The molecular formula is C14H19NO3. The lowest BCUT2D eigenvalue weighted by Crippen LogP contribution is -2.44. The molecule has 0 aliphatic carbocycles. The summed E-state index contributed by atoms with van der Waals surface area (Å²) in [7, 11) is 0. The molecule has 18 heavy (non-hydrogen) atoms. The van der Waals surface area contributed by atoms with Crippen LogP contribution in [0.1, 0.15) is 29.5 Å². The molecule has 0 atom stereocenters. The average molecular weight is 249 g/mol. The third-order valence-corrected chi connectivity index (χ3v) is 3.62. The number of rotatable bonds is 1. The fraction of sp³-hybridized carbons (Fsp3) is 0.500. The highest BCUT2D eigenvalue weighted by Gasteiger charge is 2.35. The van der Waals surface area contributed by atoms with Crippen LogP contribution in [0, 0.1) is 13.8 Å². The molecule has 0 aromatic heterocycles. The van der Waals surface area contributed by atoms with Crippen molar-refractivity contribution in [1.82, 2.24) is 4.90 Å². The molecule has 1 aromatic rings. The number of hydrogen-bond donors (Lipinski definition) is 2. The van der Waals surface area contributed by atoms with Crippen molar-refractivity contribution in [2.24, 2.45) is 0 Å². The van der Waals surface area contributed by atoms with Crippen molar-refractivity contribution < 1.29 is 15.0 Å². The molecule has 4 nitrogen and oxygen atoms in total. The summed E-state index contributed by atoms with van der Waals surface area (Å²) < 4.78 is 0. The summed E-state index contributed by atoms with van der Waals surface area (Å²) in [5.41, 5.74) is 2.27. The number of piperidine rings is 1. The lowest BCUT2D eigenvalue weighted by atomic mass is 9.83. The fourth-order valence-electron chi connectivity index (χ4n) is 2.60. The summed E-state index contributed by atoms with van der Waals surface area (Å²) in [6.45, 7) is 4.79. The van der Waals surface area contributed by atoms with Crippen molar-refractivity contribution in [2.45, 2.75) is 32.3 Å². The largest absolute Gasteiger partial charge is 0.465 e. The number of aliphatic hydroxyl groups is 1. The quantitative estimate of drug-likeness (QED) is 0.802. The second-order valence-corrected chi connectivity index (χ2v) is 5.18. The Morgan fingerprint density at radius 3 is 2.11 bits per heavy atom. The standard InChI is InChI=1S/C14H19NO3/c1-10-7-11(2)9-12(8-10)14(18)3-5-15(6-4-14)13(16)17/h7-9,18H,3-6H2,1-2H3,(H,16,17). The molecule has 4 heteroatoms. The van der Waals surface area contributed by atoms with Crippen LogP contribution >= 0.6 is 0 Å². The van der Waals surface area contributed by atoms with E-state index in [-0.39, 0.29) is 0 Å². The summed E-state index contributed by atoms with van der Waals surface area (Å²) in [6, 6.07) is 6.05. The Hall–Kier alpha value is -1.55. The van der Waals surface area contributed by atoms with Crippen LogP contribution in [0.5, 0.6) is 0 Å². The third-order valence-electron chi connectivity index (χ3n) is 3.62. The smallest absolute Gasteiger partial charge is 0.407 e. The first-order chi connectivity index (χ1) is 8.40. The molecule has 1 fully saturated rings. The van der Waals surface area contributed by atoms with Crippen LogP contribution in [0.4, 0.5) is 4.79 Å². The molecule has 1 aliphatic rings. The van der Waals surface area contributed by atoms with Gasteiger partial charge < -0.3 is 15.1 Å². The molecule has 0 saturated carbocycles. The topological polar surface area (TPSA) is 60.8 Å². The molecular weight excluding hydrogens is 230 g/mol. The van der Waals surface area contributed by atoms with E-state index in [1.165, 1.54) is 4.90 Å². The van der Waals surface area contributed by atoms with Crippen LogP contribution in [0.2, 0.25) is 0 Å². The van der Waals surface area contributed by atoms with E-state index < -0.39 is 11.7 Å². The molecule has 1 aliphatic heterocycles. The van der Waals surface area contributed by atoms with Gasteiger partial charge in [0.2, 0.25) is 0 Å². The SMILES string of the molecule is Cc1cc(C)cc(C2(O)CCN(C(=O)O)CC2)c1. The number of hydrogen-bond acceptors (Lipinski definition) is 2. The Bertz CT molecular complexity index is 442. The lowest BCUT2D eigenvalue weighted by Gasteiger charge is -2.37. The summed E-state index contributed by atoms with van der Waals surface area (Å²) in [5.74, 6) is 0. The summed E-state index contributed by atoms with van der Waals surface area (Å²) in [4.78, 5) is 12.2. The van der Waals surface area contributed by atoms with Crippen molar-refractivity contribution in [1.29, 1.82) is 0 Å². The monoisotopic (exact) mass is 249 g/mol. The molecule has 0 radical (unpaired) electrons. The number of benzene rings is 1. The fourth-order valence-corrected chi connectivity index (χ4v) is 2.60. The zero-order chi connectivity index (χ0) is 13.3. The van der Waals surface area contributed by atoms with Gasteiger partial charge in [-0.1, -0.05) is 29.3 Å². The Balaban J connectivity index is 2.20. The van der Waals surface area contributed by atoms with Gasteiger partial charge in [0.15, 0.2) is 0 Å². The van der Waals surface area contributed by atoms with Crippen LogP contribution in [-0.4, -0.2) is 34.3 Å². The Kier molecular flexibility index (Phi) is 3.30. The van der Waals surface area contributed by atoms with E-state index >= 15 is 0 Å². The highest BCUT2D eigenvalue weighted by Crippen LogP contribution is 2.33. The molecule has 1 saturated heterocycles. The van der Waals surface area contributed by atoms with E-state index in [4.69, 9.17) is 5.11 Å². The first kappa shape index (κ1) is 12.9. The number of carboxylic acid groups (broad SMARTS) is 1. The lowest BCUT2D eigenvalue weighted by molar-refractivity contribution is -0.0214. The molecule has 2 rings (SSSR count). The van der Waals surface area contributed by atoms with Crippen LogP contribution in [0.25, 0.3) is 0 Å². The van der Waals surface area contributed by atoms with E-state index in [1.54, 1.807) is 0 Å². The molecule has 1 amide bonds. The normalized spacial score (nSPS) is 18.7. The van der Waals surface area contributed by atoms with E-state index in [0.29, 0.717) is 25.9 Å². The maximum absolute atomic E-state index is 10.9. The van der Waals surface area contributed by atoms with Gasteiger partial charge in [-0.2, -0.15) is 0 Å². The van der Waals surface area contributed by atoms with Gasteiger partial charge in [-0.25, -0.2) is 4.79 Å². The maximum atomic E-state index is 10.9. The Labute approximate surface area is 107 Å². The summed E-state index contributed by atoms with van der Waals surface area (Å²) in [6.07, 6.45) is 0.0159. The highest BCUT2D eigenvalue weighted by molar-refractivity contribution is 5.65. The Morgan fingerprint density at radius 2 is 1.67 bits per heavy atom. The second kappa shape index (κ2) is 4.61. The molecule has 1 aromatic carbocycles. The van der Waals surface area contributed by atoms with Gasteiger partial charge in [0.25, 0.3) is 0 Å². The van der Waals surface area contributed by atoms with E-state index in [0.717, 1.165) is 16.7 Å². The third kappa shape index (κ3) is 2.48. The van der Waals surface area contributed by atoms with E-state index in [2.05, 4.69) is 6.07 Å². The van der Waals surface area contributed by atoms with Crippen molar-refractivity contribution in [3.8, 4) is 0 Å². The van der Waals surface area contributed by atoms with Crippen LogP contribution < -0.4 is 0 Å². The van der Waals surface area contributed by atoms with Gasteiger partial charge >= 0.3 is 6.09 Å². The van der Waals surface area contributed by atoms with E-state index in [1.807, 2.05) is 26.0 Å². The van der Waals surface area contributed by atoms with Crippen LogP contribution in [-0.2, 0) is 5.60 Å². The van der Waals surface area contributed by atoms with Crippen molar-refractivity contribution in [3.63, 3.8) is 0 Å². The number of likely N-dealkylation sites (tertiary alicyclic amines) is 1. The van der Waals surface area contributed by atoms with Crippen LogP contribution in [0.3, 0.4) is 0 Å². The van der Waals surface area contributed by atoms with Gasteiger partial charge in [0, 0.05) is 13.1 Å². The zero-order valence-corrected chi connectivity index (χ0v) is 10.8. The van der Waals surface area contributed by atoms with Gasteiger partial charge in [-0.3, -0.25) is 0 Å². The van der Waals surface area contributed by atoms with E-state index in [9.17, 15) is 9.90 Å². The minimum Gasteiger partial charge on any atom is -0.465 e. The number of carbonyl (C=O) groups is 1. The second-order valence-electron chi connectivity index (χ2n) is 5.18. The molecule has 2 N–H and O–H groups in total. The van der Waals surface area contributed by atoms with Gasteiger partial charge in [0.05, 0.1) is 5.60 Å². The zero-order valence-electron chi connectivity index (χ0n) is 10.8. The predicted molar refractivity (Wildman–Crippen MR) is 68.6 cm³/mol. The summed E-state index contributed by atoms with van der Waals surface area (Å²) >= 11 is 0. The minimum absolute atomic E-state index is 0.388. The molecule has 0 bridgehead atoms. The predicted octanol–water partition coefficient (Wildman–Crippen LogP) is 2.26. The average Bonchev–Trinajstić information content (AvgIpc) is 2.28. The minimum atomic E-state index is -0.905. The number of nitrogens with zero attached hydrogens (tertiary/aromatic N) is 1. The van der Waals surface area contributed by atoms with Gasteiger partial charge in [0.1, 0.15) is 0 Å². The molecule has 0 spiro atoms. The Morgan fingerprint density at radius 1 is 1.17 bits per heavy atom. The van der Waals surface area contributed by atoms with Crippen molar-refractivity contribution >= 4 is 6.09 Å². The first-order valence-corrected chi connectivity index (χ1v) is 6.20. The van der Waals surface area contributed by atoms with Gasteiger partial charge in [-0.05, 0) is 32.3 Å². The first-order valence-electron chi connectivity index (χ1n) is 6.20. The molecule has 1 heterocycles. The number of amides is 1. The van der Waals surface area contributed by atoms with Crippen molar-refractivity contribution in [3.05, 3.63) is 34.9 Å². The van der Waals surface area contributed by atoms with Gasteiger partial charge in [-0.15, -0.1) is 0 Å². The highest BCUT2D eigenvalue weighted by atomic mass is 16.4. The summed E-state index contributed by atoms with van der Waals surface area (Å²) in [5, 5.41) is 19.6. The molecule has 98 valence electrons. The van der Waals surface area contributed by atoms with Crippen LogP contribution in [0.15, 0.2) is 18.2 Å². The maximum Gasteiger partial charge on any atom is 0.407 e. The van der Waals surface area contributed by atoms with Crippen molar-refractivity contribution in [2.75, 3.05) is 13.1 Å².